The maximum atomic E-state index is 11.8. The van der Waals surface area contributed by atoms with Crippen LogP contribution in [0.1, 0.15) is 74.1 Å². The number of allylic oxidation sites excluding steroid dienone is 5. The number of thioether (sulfide) groups is 1. The zero-order valence-electron chi connectivity index (χ0n) is 19.1. The lowest BCUT2D eigenvalue weighted by atomic mass is 10.1. The highest BCUT2D eigenvalue weighted by Gasteiger charge is 2.22. The van der Waals surface area contributed by atoms with Crippen LogP contribution in [-0.2, 0) is 9.53 Å². The molecule has 0 aliphatic rings. The zero-order valence-corrected chi connectivity index (χ0v) is 20.6. The van der Waals surface area contributed by atoms with E-state index in [1.54, 1.807) is 32.5 Å². The van der Waals surface area contributed by atoms with E-state index in [2.05, 4.69) is 51.2 Å². The van der Waals surface area contributed by atoms with Crippen molar-refractivity contribution >= 4 is 34.7 Å². The van der Waals surface area contributed by atoms with Crippen molar-refractivity contribution in [2.75, 3.05) is 11.5 Å². The summed E-state index contributed by atoms with van der Waals surface area (Å²) in [6.07, 6.45) is 10.4. The minimum Gasteiger partial charge on any atom is -0.444 e. The van der Waals surface area contributed by atoms with E-state index in [1.165, 1.54) is 16.7 Å². The van der Waals surface area contributed by atoms with E-state index in [0.29, 0.717) is 5.75 Å². The van der Waals surface area contributed by atoms with Gasteiger partial charge in [-0.3, -0.25) is 4.79 Å². The molecular formula is C23H38ClNO3S. The van der Waals surface area contributed by atoms with E-state index in [-0.39, 0.29) is 0 Å². The van der Waals surface area contributed by atoms with Crippen LogP contribution < -0.4 is 5.32 Å². The van der Waals surface area contributed by atoms with E-state index >= 15 is 0 Å². The minimum absolute atomic E-state index is 0.411. The molecule has 1 amide bonds. The van der Waals surface area contributed by atoms with Gasteiger partial charge in [0.1, 0.15) is 11.6 Å². The molecule has 1 atom stereocenters. The molecule has 29 heavy (non-hydrogen) atoms. The molecule has 4 nitrogen and oxygen atoms in total. The Kier molecular flexibility index (Phi) is 14.1. The van der Waals surface area contributed by atoms with Gasteiger partial charge in [-0.15, -0.1) is 0 Å². The van der Waals surface area contributed by atoms with Gasteiger partial charge in [0.2, 0.25) is 5.24 Å². The van der Waals surface area contributed by atoms with Crippen LogP contribution >= 0.6 is 23.4 Å². The number of carbonyl (C=O) groups is 2. The largest absolute Gasteiger partial charge is 0.444 e. The first-order valence-electron chi connectivity index (χ1n) is 10.1. The van der Waals surface area contributed by atoms with Crippen LogP contribution in [0.5, 0.6) is 0 Å². The van der Waals surface area contributed by atoms with E-state index in [0.717, 1.165) is 31.4 Å². The highest BCUT2D eigenvalue weighted by Crippen LogP contribution is 2.14. The molecule has 0 heterocycles. The molecule has 166 valence electrons. The SMILES string of the molecule is CC(C)=CCC/C(C)=C/CC/C(C)=C/CSC[C@@H](NC(=O)OC(C)(C)C)C(=O)Cl. The molecule has 1 N–H and O–H groups in total. The van der Waals surface area contributed by atoms with Gasteiger partial charge >= 0.3 is 6.09 Å². The third-order valence-corrected chi connectivity index (χ3v) is 5.16. The van der Waals surface area contributed by atoms with Crippen molar-refractivity contribution in [3.05, 3.63) is 34.9 Å². The van der Waals surface area contributed by atoms with Crippen molar-refractivity contribution in [3.8, 4) is 0 Å². The second-order valence-corrected chi connectivity index (χ2v) is 9.95. The molecule has 0 fully saturated rings. The van der Waals surface area contributed by atoms with Gasteiger partial charge in [0.15, 0.2) is 0 Å². The number of hydrogen-bond acceptors (Lipinski definition) is 4. The van der Waals surface area contributed by atoms with Crippen LogP contribution in [-0.4, -0.2) is 34.5 Å². The Morgan fingerprint density at radius 3 is 2.07 bits per heavy atom. The first kappa shape index (κ1) is 27.8. The maximum absolute atomic E-state index is 11.8. The van der Waals surface area contributed by atoms with Crippen LogP contribution in [0.2, 0.25) is 0 Å². The summed E-state index contributed by atoms with van der Waals surface area (Å²) < 4.78 is 5.17. The van der Waals surface area contributed by atoms with Crippen LogP contribution in [0, 0.1) is 0 Å². The third-order valence-electron chi connectivity index (χ3n) is 3.92. The van der Waals surface area contributed by atoms with Crippen molar-refractivity contribution in [1.82, 2.24) is 5.32 Å². The number of halogens is 1. The van der Waals surface area contributed by atoms with Crippen molar-refractivity contribution in [1.29, 1.82) is 0 Å². The first-order chi connectivity index (χ1) is 13.4. The summed E-state index contributed by atoms with van der Waals surface area (Å²) >= 11 is 7.16. The van der Waals surface area contributed by atoms with Gasteiger partial charge < -0.3 is 10.1 Å². The summed E-state index contributed by atoms with van der Waals surface area (Å²) in [5, 5.41) is 1.95. The molecular weight excluding hydrogens is 406 g/mol. The first-order valence-corrected chi connectivity index (χ1v) is 11.6. The van der Waals surface area contributed by atoms with E-state index in [4.69, 9.17) is 16.3 Å². The van der Waals surface area contributed by atoms with Gasteiger partial charge in [-0.2, -0.15) is 11.8 Å². The molecule has 6 heteroatoms. The molecule has 0 aliphatic heterocycles. The maximum Gasteiger partial charge on any atom is 0.408 e. The Balaban J connectivity index is 4.25. The second-order valence-electron chi connectivity index (χ2n) is 8.50. The van der Waals surface area contributed by atoms with E-state index in [1.807, 2.05) is 0 Å². The predicted octanol–water partition coefficient (Wildman–Crippen LogP) is 6.80. The number of hydrogen-bond donors (Lipinski definition) is 1. The fourth-order valence-corrected chi connectivity index (χ4v) is 3.57. The van der Waals surface area contributed by atoms with Gasteiger partial charge in [0.05, 0.1) is 0 Å². The summed E-state index contributed by atoms with van der Waals surface area (Å²) in [6, 6.07) is -0.753. The highest BCUT2D eigenvalue weighted by molar-refractivity contribution is 7.99. The Morgan fingerprint density at radius 2 is 1.55 bits per heavy atom. The summed E-state index contributed by atoms with van der Waals surface area (Å²) in [4.78, 5) is 23.4. The number of nitrogens with one attached hydrogen (secondary N) is 1. The standard InChI is InChI=1S/C23H38ClNO3S/c1-17(2)10-8-11-18(3)12-9-13-19(4)14-15-29-16-20(21(24)26)25-22(27)28-23(5,6)7/h10,12,14,20H,8-9,11,13,15-16H2,1-7H3,(H,25,27)/b18-12+,19-14+/t20-/m1/s1. The zero-order chi connectivity index (χ0) is 22.4. The number of ether oxygens (including phenoxy) is 1. The average molecular weight is 444 g/mol. The van der Waals surface area contributed by atoms with Crippen molar-refractivity contribution in [2.45, 2.75) is 85.8 Å². The lowest BCUT2D eigenvalue weighted by Gasteiger charge is -2.22. The topological polar surface area (TPSA) is 55.4 Å². The highest BCUT2D eigenvalue weighted by atomic mass is 35.5. The third kappa shape index (κ3) is 17.4. The van der Waals surface area contributed by atoms with Gasteiger partial charge in [-0.1, -0.05) is 34.9 Å². The molecule has 0 aliphatic carbocycles. The van der Waals surface area contributed by atoms with Crippen molar-refractivity contribution in [2.24, 2.45) is 0 Å². The van der Waals surface area contributed by atoms with E-state index < -0.39 is 23.0 Å². The normalized spacial score (nSPS) is 13.7. The lowest BCUT2D eigenvalue weighted by molar-refractivity contribution is -0.113. The quantitative estimate of drug-likeness (QED) is 0.205. The Hall–Kier alpha value is -1.20. The molecule has 0 aromatic rings. The monoisotopic (exact) mass is 443 g/mol. The van der Waals surface area contributed by atoms with Crippen molar-refractivity contribution < 1.29 is 14.3 Å². The molecule has 0 aromatic heterocycles. The van der Waals surface area contributed by atoms with Gasteiger partial charge in [-0.05, 0) is 85.8 Å². The molecule has 0 saturated carbocycles. The molecule has 0 bridgehead atoms. The molecule has 0 saturated heterocycles. The smallest absolute Gasteiger partial charge is 0.408 e. The van der Waals surface area contributed by atoms with Crippen LogP contribution in [0.4, 0.5) is 4.79 Å². The number of amides is 1. The number of rotatable bonds is 12. The van der Waals surface area contributed by atoms with E-state index in [9.17, 15) is 9.59 Å². The summed E-state index contributed by atoms with van der Waals surface area (Å²) in [6.45, 7) is 13.9. The molecule has 0 aromatic carbocycles. The Bertz CT molecular complexity index is 614. The van der Waals surface area contributed by atoms with Gasteiger partial charge in [0, 0.05) is 11.5 Å². The molecule has 0 rings (SSSR count). The summed E-state index contributed by atoms with van der Waals surface area (Å²) in [5.41, 5.74) is 3.50. The Labute approximate surface area is 186 Å². The van der Waals surface area contributed by atoms with Crippen LogP contribution in [0.15, 0.2) is 34.9 Å². The number of carbonyl (C=O) groups excluding carboxylic acids is 2. The summed E-state index contributed by atoms with van der Waals surface area (Å²) in [7, 11) is 0. The fourth-order valence-electron chi connectivity index (χ4n) is 2.34. The molecule has 0 unspecified atom stereocenters. The predicted molar refractivity (Wildman–Crippen MR) is 127 cm³/mol. The van der Waals surface area contributed by atoms with Gasteiger partial charge in [-0.25, -0.2) is 4.79 Å². The summed E-state index contributed by atoms with van der Waals surface area (Å²) in [5.74, 6) is 1.18. The van der Waals surface area contributed by atoms with Crippen molar-refractivity contribution in [3.63, 3.8) is 0 Å². The fraction of sp³-hybridized carbons (Fsp3) is 0.652. The van der Waals surface area contributed by atoms with Crippen LogP contribution in [0.3, 0.4) is 0 Å². The average Bonchev–Trinajstić information content (AvgIpc) is 2.55. The lowest BCUT2D eigenvalue weighted by Crippen LogP contribution is -2.43. The molecule has 0 radical (unpaired) electrons. The van der Waals surface area contributed by atoms with Crippen LogP contribution in [0.25, 0.3) is 0 Å². The van der Waals surface area contributed by atoms with Gasteiger partial charge in [0.25, 0.3) is 0 Å². The molecule has 0 spiro atoms. The Morgan fingerprint density at radius 1 is 1.00 bits per heavy atom. The minimum atomic E-state index is -0.753. The number of alkyl carbamates (subject to hydrolysis) is 1. The second kappa shape index (κ2) is 14.7.